The van der Waals surface area contributed by atoms with Crippen LogP contribution >= 0.6 is 0 Å². The van der Waals surface area contributed by atoms with Crippen molar-refractivity contribution in [3.63, 3.8) is 0 Å². The molecular weight excluding hydrogens is 696 g/mol. The van der Waals surface area contributed by atoms with E-state index in [2.05, 4.69) is 20.4 Å². The molecule has 2 aliphatic heterocycles. The van der Waals surface area contributed by atoms with Gasteiger partial charge < -0.3 is 10.4 Å². The first-order valence-corrected chi connectivity index (χ1v) is 16.4. The molecule has 5 rings (SSSR count). The van der Waals surface area contributed by atoms with Gasteiger partial charge in [0.1, 0.15) is 0 Å². The van der Waals surface area contributed by atoms with E-state index < -0.39 is 53.9 Å². The second-order valence-corrected chi connectivity index (χ2v) is 12.6. The summed E-state index contributed by atoms with van der Waals surface area (Å²) in [6.45, 7) is 5.76. The van der Waals surface area contributed by atoms with E-state index in [4.69, 9.17) is 9.68 Å². The van der Waals surface area contributed by atoms with Gasteiger partial charge in [-0.25, -0.2) is 0 Å². The standard InChI is InChI=1S/C28H36N12O12/c41-35(42)23-5-7-27(25(17-23)37(45)46)51-29-39(49)33-13-9-31(10-14-33)19-21-1-2-22(4-3-21)20-32-11-15-34(16-12-32)40(50)30-52-28-8-6-24(36(43)44)18-26(28)38(47)48/h5-8,17-18,21-22H,1-4,9-16,19-20H2/b39-29-,40-30-. The Morgan fingerprint density at radius 2 is 0.885 bits per heavy atom. The molecule has 2 aromatic carbocycles. The third-order valence-electron chi connectivity index (χ3n) is 9.30. The van der Waals surface area contributed by atoms with Crippen LogP contribution in [0.2, 0.25) is 0 Å². The molecule has 0 aromatic heterocycles. The lowest BCUT2D eigenvalue weighted by molar-refractivity contribution is -0.709. The SMILES string of the molecule is O=[N+]([O-])c1ccc(O/N=[N+](\[O-])N2CCN(CC3CCC(CN4CCN(/[N+]([O-])=N/Oc5ccc([N+](=O)[O-])cc5[N+](=O)[O-])CC4)CC3)CC2)c([N+](=O)[O-])c1. The Morgan fingerprint density at radius 1 is 0.538 bits per heavy atom. The topological polar surface area (TPSA) is 281 Å². The zero-order chi connectivity index (χ0) is 37.4. The number of nitrogens with zero attached hydrogens (tertiary/aromatic N) is 12. The van der Waals surface area contributed by atoms with Gasteiger partial charge in [-0.1, -0.05) is 0 Å². The molecule has 0 atom stereocenters. The van der Waals surface area contributed by atoms with Gasteiger partial charge in [0.15, 0.2) is 0 Å². The molecule has 0 unspecified atom stereocenters. The molecule has 0 spiro atoms. The Morgan fingerprint density at radius 3 is 1.19 bits per heavy atom. The minimum absolute atomic E-state index is 0.237. The third-order valence-corrected chi connectivity index (χ3v) is 9.30. The molecule has 2 saturated heterocycles. The smallest absolute Gasteiger partial charge is 0.321 e. The number of rotatable bonds is 14. The number of hydrazine groups is 2. The molecule has 52 heavy (non-hydrogen) atoms. The average Bonchev–Trinajstić information content (AvgIpc) is 3.13. The van der Waals surface area contributed by atoms with Gasteiger partial charge >= 0.3 is 11.4 Å². The zero-order valence-corrected chi connectivity index (χ0v) is 27.8. The van der Waals surface area contributed by atoms with Gasteiger partial charge in [0.2, 0.25) is 22.1 Å². The Labute approximate surface area is 294 Å². The minimum atomic E-state index is -0.853. The van der Waals surface area contributed by atoms with E-state index in [1.54, 1.807) is 0 Å². The Hall–Kier alpha value is -6.04. The first kappa shape index (κ1) is 37.2. The van der Waals surface area contributed by atoms with E-state index in [-0.39, 0.29) is 9.94 Å². The number of non-ortho nitro benzene ring substituents is 2. The van der Waals surface area contributed by atoms with Crippen molar-refractivity contribution in [3.05, 3.63) is 87.3 Å². The van der Waals surface area contributed by atoms with Crippen molar-refractivity contribution in [3.8, 4) is 11.5 Å². The van der Waals surface area contributed by atoms with Crippen LogP contribution in [0.3, 0.4) is 0 Å². The van der Waals surface area contributed by atoms with Crippen molar-refractivity contribution in [2.45, 2.75) is 25.7 Å². The summed E-state index contributed by atoms with van der Waals surface area (Å²) in [7, 11) is 0. The van der Waals surface area contributed by atoms with Crippen LogP contribution in [0.25, 0.3) is 0 Å². The van der Waals surface area contributed by atoms with Crippen LogP contribution in [0.5, 0.6) is 11.5 Å². The predicted molar refractivity (Wildman–Crippen MR) is 174 cm³/mol. The highest BCUT2D eigenvalue weighted by molar-refractivity contribution is 5.54. The van der Waals surface area contributed by atoms with Gasteiger partial charge in [-0.05, 0) is 49.7 Å². The number of piperazine rings is 2. The predicted octanol–water partition coefficient (Wildman–Crippen LogP) is 3.40. The first-order chi connectivity index (χ1) is 24.9. The summed E-state index contributed by atoms with van der Waals surface area (Å²) in [5, 5.41) is 79.0. The lowest BCUT2D eigenvalue weighted by Crippen LogP contribution is -2.51. The number of benzene rings is 2. The van der Waals surface area contributed by atoms with Crippen LogP contribution < -0.4 is 9.68 Å². The molecule has 280 valence electrons. The van der Waals surface area contributed by atoms with Gasteiger partial charge in [-0.15, -0.1) is 10.0 Å². The molecule has 3 fully saturated rings. The van der Waals surface area contributed by atoms with Crippen molar-refractivity contribution in [2.75, 3.05) is 65.4 Å². The minimum Gasteiger partial charge on any atom is -0.569 e. The molecule has 0 bridgehead atoms. The number of hydrogen-bond acceptors (Lipinski definition) is 16. The van der Waals surface area contributed by atoms with Crippen LogP contribution in [0.4, 0.5) is 22.7 Å². The third kappa shape index (κ3) is 9.59. The molecular formula is C28H36N12O12. The van der Waals surface area contributed by atoms with Gasteiger partial charge in [0, 0.05) is 51.4 Å². The first-order valence-electron chi connectivity index (χ1n) is 16.4. The van der Waals surface area contributed by atoms with Gasteiger partial charge in [-0.3, -0.25) is 59.9 Å². The van der Waals surface area contributed by atoms with Crippen LogP contribution in [0.1, 0.15) is 25.7 Å². The van der Waals surface area contributed by atoms with E-state index in [0.29, 0.717) is 64.2 Å². The van der Waals surface area contributed by atoms with Crippen molar-refractivity contribution in [2.24, 2.45) is 22.4 Å². The maximum Gasteiger partial charge on any atom is 0.321 e. The van der Waals surface area contributed by atoms with Crippen LogP contribution in [-0.4, -0.2) is 115 Å². The molecule has 2 heterocycles. The molecule has 1 aliphatic carbocycles. The number of nitro groups is 4. The monoisotopic (exact) mass is 732 g/mol. The van der Waals surface area contributed by atoms with E-state index in [0.717, 1.165) is 75.2 Å². The summed E-state index contributed by atoms with van der Waals surface area (Å²) in [5.74, 6) is 0.249. The molecule has 3 aliphatic rings. The fourth-order valence-electron chi connectivity index (χ4n) is 6.45. The summed E-state index contributed by atoms with van der Waals surface area (Å²) in [5.41, 5.74) is -2.34. The van der Waals surface area contributed by atoms with Crippen molar-refractivity contribution in [1.82, 2.24) is 19.8 Å². The fraction of sp³-hybridized carbons (Fsp3) is 0.571. The maximum absolute atomic E-state index is 12.5. The second-order valence-electron chi connectivity index (χ2n) is 12.6. The molecule has 0 amide bonds. The number of hydrogen-bond donors (Lipinski definition) is 0. The van der Waals surface area contributed by atoms with Crippen molar-refractivity contribution >= 4 is 22.7 Å². The number of nitro benzene ring substituents is 4. The lowest BCUT2D eigenvalue weighted by Gasteiger charge is -2.38. The van der Waals surface area contributed by atoms with E-state index in [9.17, 15) is 50.9 Å². The van der Waals surface area contributed by atoms with E-state index >= 15 is 0 Å². The van der Waals surface area contributed by atoms with E-state index in [1.807, 2.05) is 0 Å². The lowest BCUT2D eigenvalue weighted by atomic mass is 9.81. The molecule has 1 saturated carbocycles. The molecule has 24 nitrogen and oxygen atoms in total. The van der Waals surface area contributed by atoms with Gasteiger partial charge in [0.05, 0.1) is 67.9 Å². The van der Waals surface area contributed by atoms with Gasteiger partial charge in [-0.2, -0.15) is 0 Å². The van der Waals surface area contributed by atoms with Gasteiger partial charge in [0.25, 0.3) is 11.4 Å². The highest BCUT2D eigenvalue weighted by atomic mass is 16.7. The summed E-state index contributed by atoms with van der Waals surface area (Å²) < 4.78 is 0. The van der Waals surface area contributed by atoms with Crippen LogP contribution in [0, 0.1) is 62.7 Å². The summed E-state index contributed by atoms with van der Waals surface area (Å²) in [6, 6.07) is 5.55. The fourth-order valence-corrected chi connectivity index (χ4v) is 6.45. The second kappa shape index (κ2) is 16.8. The Bertz CT molecular complexity index is 1580. The Kier molecular flexibility index (Phi) is 12.0. The van der Waals surface area contributed by atoms with Crippen molar-refractivity contribution < 1.29 is 39.3 Å². The quantitative estimate of drug-likeness (QED) is 0.116. The molecule has 2 aromatic rings. The molecule has 0 radical (unpaired) electrons. The summed E-state index contributed by atoms with van der Waals surface area (Å²) >= 11 is 0. The largest absolute Gasteiger partial charge is 0.569 e. The molecule has 0 N–H and O–H groups in total. The van der Waals surface area contributed by atoms with Crippen LogP contribution in [0.15, 0.2) is 47.0 Å². The summed E-state index contributed by atoms with van der Waals surface area (Å²) in [4.78, 5) is 56.1. The van der Waals surface area contributed by atoms with E-state index in [1.165, 1.54) is 10.0 Å². The molecule has 24 heteroatoms. The van der Waals surface area contributed by atoms with Crippen LogP contribution in [-0.2, 0) is 0 Å². The highest BCUT2D eigenvalue weighted by Gasteiger charge is 2.30. The maximum atomic E-state index is 12.5. The Balaban J connectivity index is 0.993. The zero-order valence-electron chi connectivity index (χ0n) is 27.8. The van der Waals surface area contributed by atoms with Crippen molar-refractivity contribution in [1.29, 1.82) is 0 Å². The summed E-state index contributed by atoms with van der Waals surface area (Å²) in [6.07, 6.45) is 4.26. The highest BCUT2D eigenvalue weighted by Crippen LogP contribution is 2.33. The normalized spacial score (nSPS) is 20.7. The average molecular weight is 733 g/mol.